The van der Waals surface area contributed by atoms with Crippen LogP contribution in [0, 0.1) is 6.92 Å². The third-order valence-electron chi connectivity index (χ3n) is 3.70. The van der Waals surface area contributed by atoms with Crippen LogP contribution in [0.4, 0.5) is 0 Å². The molecule has 3 nitrogen and oxygen atoms in total. The van der Waals surface area contributed by atoms with Crippen molar-refractivity contribution in [1.82, 2.24) is 10.2 Å². The van der Waals surface area contributed by atoms with Gasteiger partial charge in [-0.1, -0.05) is 24.3 Å². The van der Waals surface area contributed by atoms with Gasteiger partial charge in [0.25, 0.3) is 0 Å². The molecule has 1 amide bonds. The lowest BCUT2D eigenvalue weighted by molar-refractivity contribution is -0.129. The van der Waals surface area contributed by atoms with Crippen LogP contribution >= 0.6 is 0 Å². The zero-order valence-corrected chi connectivity index (χ0v) is 11.4. The van der Waals surface area contributed by atoms with Crippen LogP contribution in [-0.4, -0.2) is 30.4 Å². The Bertz CT molecular complexity index is 426. The predicted octanol–water partition coefficient (Wildman–Crippen LogP) is 2.27. The molecule has 0 bridgehead atoms. The fourth-order valence-electron chi connectivity index (χ4n) is 2.21. The number of carbonyl (C=O) groups excluding carboxylic acids is 1. The number of aryl methyl sites for hydroxylation is 1. The molecule has 0 saturated heterocycles. The number of hydrogen-bond donors (Lipinski definition) is 1. The van der Waals surface area contributed by atoms with Crippen LogP contribution in [0.25, 0.3) is 0 Å². The summed E-state index contributed by atoms with van der Waals surface area (Å²) in [6, 6.07) is 9.00. The first kappa shape index (κ1) is 13.1. The van der Waals surface area contributed by atoms with E-state index in [2.05, 4.69) is 31.3 Å². The average Bonchev–Trinajstić information content (AvgIpc) is 3.19. The van der Waals surface area contributed by atoms with Gasteiger partial charge in [-0.15, -0.1) is 0 Å². The maximum atomic E-state index is 11.9. The Kier molecular flexibility index (Phi) is 4.02. The van der Waals surface area contributed by atoms with E-state index < -0.39 is 0 Å². The van der Waals surface area contributed by atoms with Crippen molar-refractivity contribution in [3.8, 4) is 0 Å². The predicted molar refractivity (Wildman–Crippen MR) is 73.4 cm³/mol. The van der Waals surface area contributed by atoms with E-state index in [1.54, 1.807) is 0 Å². The van der Waals surface area contributed by atoms with Gasteiger partial charge < -0.3 is 10.2 Å². The molecule has 1 atom stereocenters. The molecule has 0 unspecified atom stereocenters. The van der Waals surface area contributed by atoms with Gasteiger partial charge in [0.15, 0.2) is 0 Å². The Labute approximate surface area is 109 Å². The smallest absolute Gasteiger partial charge is 0.236 e. The lowest BCUT2D eigenvalue weighted by atomic mass is 10.0. The van der Waals surface area contributed by atoms with E-state index in [4.69, 9.17) is 0 Å². The van der Waals surface area contributed by atoms with Crippen molar-refractivity contribution < 1.29 is 4.79 Å². The quantitative estimate of drug-likeness (QED) is 0.864. The highest BCUT2D eigenvalue weighted by atomic mass is 16.2. The molecule has 2 rings (SSSR count). The van der Waals surface area contributed by atoms with E-state index >= 15 is 0 Å². The number of benzene rings is 1. The zero-order chi connectivity index (χ0) is 13.1. The molecule has 0 aliphatic heterocycles. The van der Waals surface area contributed by atoms with Gasteiger partial charge in [-0.2, -0.15) is 0 Å². The van der Waals surface area contributed by atoms with E-state index in [1.807, 2.05) is 24.1 Å². The first-order chi connectivity index (χ1) is 8.59. The molecule has 0 radical (unpaired) electrons. The summed E-state index contributed by atoms with van der Waals surface area (Å²) in [5, 5.41) is 3.31. The summed E-state index contributed by atoms with van der Waals surface area (Å²) in [7, 11) is 1.90. The second-order valence-electron chi connectivity index (χ2n) is 5.19. The second kappa shape index (κ2) is 5.53. The van der Waals surface area contributed by atoms with Gasteiger partial charge in [0.05, 0.1) is 6.54 Å². The molecule has 1 aliphatic carbocycles. The maximum Gasteiger partial charge on any atom is 0.236 e. The first-order valence-electron chi connectivity index (χ1n) is 6.64. The Hall–Kier alpha value is -1.35. The van der Waals surface area contributed by atoms with Gasteiger partial charge in [-0.3, -0.25) is 4.79 Å². The molecule has 18 heavy (non-hydrogen) atoms. The van der Waals surface area contributed by atoms with Crippen molar-refractivity contribution in [3.05, 3.63) is 35.4 Å². The summed E-state index contributed by atoms with van der Waals surface area (Å²) in [6.07, 6.45) is 2.32. The van der Waals surface area contributed by atoms with Gasteiger partial charge in [-0.25, -0.2) is 0 Å². The van der Waals surface area contributed by atoms with Crippen LogP contribution in [-0.2, 0) is 4.79 Å². The number of likely N-dealkylation sites (N-methyl/N-ethyl adjacent to an activating group) is 1. The summed E-state index contributed by atoms with van der Waals surface area (Å²) < 4.78 is 0. The van der Waals surface area contributed by atoms with Gasteiger partial charge in [0.1, 0.15) is 0 Å². The molecule has 1 aromatic rings. The highest BCUT2D eigenvalue weighted by Gasteiger charge is 2.29. The third-order valence-corrected chi connectivity index (χ3v) is 3.70. The number of hydrogen-bond acceptors (Lipinski definition) is 2. The largest absolute Gasteiger partial charge is 0.342 e. The van der Waals surface area contributed by atoms with Crippen LogP contribution in [0.3, 0.4) is 0 Å². The lowest BCUT2D eigenvalue weighted by Gasteiger charge is -2.20. The van der Waals surface area contributed by atoms with Crippen molar-refractivity contribution in [1.29, 1.82) is 0 Å². The van der Waals surface area contributed by atoms with Gasteiger partial charge >= 0.3 is 0 Å². The number of rotatable bonds is 5. The highest BCUT2D eigenvalue weighted by molar-refractivity contribution is 5.78. The SMILES string of the molecule is Cc1ccccc1[C@H](C)NCC(=O)N(C)C1CC1. The van der Waals surface area contributed by atoms with Crippen molar-refractivity contribution >= 4 is 5.91 Å². The van der Waals surface area contributed by atoms with Crippen LogP contribution < -0.4 is 5.32 Å². The molecular formula is C15H22N2O. The molecule has 0 aromatic heterocycles. The van der Waals surface area contributed by atoms with Crippen molar-refractivity contribution in [2.75, 3.05) is 13.6 Å². The molecule has 0 heterocycles. The van der Waals surface area contributed by atoms with Gasteiger partial charge in [0.2, 0.25) is 5.91 Å². The molecule has 1 aliphatic rings. The summed E-state index contributed by atoms with van der Waals surface area (Å²) >= 11 is 0. The number of carbonyl (C=O) groups is 1. The molecule has 1 saturated carbocycles. The fourth-order valence-corrected chi connectivity index (χ4v) is 2.21. The van der Waals surface area contributed by atoms with E-state index in [0.29, 0.717) is 12.6 Å². The number of nitrogens with one attached hydrogen (secondary N) is 1. The normalized spacial score (nSPS) is 16.4. The van der Waals surface area contributed by atoms with Crippen molar-refractivity contribution in [2.24, 2.45) is 0 Å². The molecule has 1 N–H and O–H groups in total. The van der Waals surface area contributed by atoms with Crippen LogP contribution in [0.5, 0.6) is 0 Å². The van der Waals surface area contributed by atoms with E-state index in [-0.39, 0.29) is 11.9 Å². The van der Waals surface area contributed by atoms with E-state index in [9.17, 15) is 4.79 Å². The van der Waals surface area contributed by atoms with Crippen LogP contribution in [0.1, 0.15) is 36.9 Å². The van der Waals surface area contributed by atoms with Gasteiger partial charge in [0, 0.05) is 19.1 Å². The van der Waals surface area contributed by atoms with Gasteiger partial charge in [-0.05, 0) is 37.8 Å². The topological polar surface area (TPSA) is 32.3 Å². The minimum atomic E-state index is 0.193. The van der Waals surface area contributed by atoms with Crippen LogP contribution in [0.2, 0.25) is 0 Å². The minimum absolute atomic E-state index is 0.193. The Morgan fingerprint density at radius 1 is 1.44 bits per heavy atom. The Balaban J connectivity index is 1.86. The standard InChI is InChI=1S/C15H22N2O/c1-11-6-4-5-7-14(11)12(2)16-10-15(18)17(3)13-8-9-13/h4-7,12-13,16H,8-10H2,1-3H3/t12-/m0/s1. The number of amides is 1. The number of nitrogens with zero attached hydrogens (tertiary/aromatic N) is 1. The Morgan fingerprint density at radius 3 is 2.72 bits per heavy atom. The fraction of sp³-hybridized carbons (Fsp3) is 0.533. The molecule has 98 valence electrons. The summed E-state index contributed by atoms with van der Waals surface area (Å²) in [6.45, 7) is 4.63. The lowest BCUT2D eigenvalue weighted by Crippen LogP contribution is -2.37. The minimum Gasteiger partial charge on any atom is -0.342 e. The summed E-state index contributed by atoms with van der Waals surface area (Å²) in [5.74, 6) is 0.193. The maximum absolute atomic E-state index is 11.9. The molecule has 0 spiro atoms. The summed E-state index contributed by atoms with van der Waals surface area (Å²) in [5.41, 5.74) is 2.53. The molecule has 1 aromatic carbocycles. The molecule has 1 fully saturated rings. The van der Waals surface area contributed by atoms with E-state index in [1.165, 1.54) is 11.1 Å². The monoisotopic (exact) mass is 246 g/mol. The second-order valence-corrected chi connectivity index (χ2v) is 5.19. The first-order valence-corrected chi connectivity index (χ1v) is 6.64. The van der Waals surface area contributed by atoms with Crippen molar-refractivity contribution in [3.63, 3.8) is 0 Å². The third kappa shape index (κ3) is 3.10. The zero-order valence-electron chi connectivity index (χ0n) is 11.4. The average molecular weight is 246 g/mol. The summed E-state index contributed by atoms with van der Waals surface area (Å²) in [4.78, 5) is 13.8. The Morgan fingerprint density at radius 2 is 2.11 bits per heavy atom. The highest BCUT2D eigenvalue weighted by Crippen LogP contribution is 2.25. The molecular weight excluding hydrogens is 224 g/mol. The van der Waals surface area contributed by atoms with Crippen molar-refractivity contribution in [2.45, 2.75) is 38.8 Å². The van der Waals surface area contributed by atoms with Crippen LogP contribution in [0.15, 0.2) is 24.3 Å². The van der Waals surface area contributed by atoms with E-state index in [0.717, 1.165) is 12.8 Å². The molecule has 3 heteroatoms.